The van der Waals surface area contributed by atoms with Crippen molar-refractivity contribution in [1.29, 1.82) is 0 Å². The second kappa shape index (κ2) is 10.8. The van der Waals surface area contributed by atoms with Crippen molar-refractivity contribution >= 4 is 11.8 Å². The maximum Gasteiger partial charge on any atom is 0.416 e. The molecule has 0 aliphatic heterocycles. The third kappa shape index (κ3) is 6.88. The highest BCUT2D eigenvalue weighted by atomic mass is 19.4. The molecule has 0 unspecified atom stereocenters. The van der Waals surface area contributed by atoms with Crippen LogP contribution in [0.4, 0.5) is 13.2 Å². The Morgan fingerprint density at radius 1 is 0.900 bits per heavy atom. The van der Waals surface area contributed by atoms with E-state index >= 15 is 0 Å². The maximum absolute atomic E-state index is 12.6. The van der Waals surface area contributed by atoms with Crippen LogP contribution < -0.4 is 15.5 Å². The lowest BCUT2D eigenvalue weighted by molar-refractivity contribution is -0.910. The molecule has 0 atom stereocenters. The highest BCUT2D eigenvalue weighted by Crippen LogP contribution is 2.29. The molecular weight excluding hydrogens is 395 g/mol. The second-order valence-corrected chi connectivity index (χ2v) is 6.94. The van der Waals surface area contributed by atoms with Crippen molar-refractivity contribution in [2.24, 2.45) is 0 Å². The van der Waals surface area contributed by atoms with Gasteiger partial charge in [-0.2, -0.15) is 13.2 Å². The zero-order chi connectivity index (χ0) is 22.1. The predicted molar refractivity (Wildman–Crippen MR) is 108 cm³/mol. The lowest BCUT2D eigenvalue weighted by Crippen LogP contribution is -3.10. The number of hydrogen-bond donors (Lipinski definition) is 3. The molecule has 5 nitrogen and oxygen atoms in total. The molecule has 162 valence electrons. The summed E-state index contributed by atoms with van der Waals surface area (Å²) in [6, 6.07) is 11.7. The Kier molecular flexibility index (Phi) is 8.41. The van der Waals surface area contributed by atoms with E-state index in [2.05, 4.69) is 24.5 Å². The van der Waals surface area contributed by atoms with E-state index in [-0.39, 0.29) is 18.0 Å². The van der Waals surface area contributed by atoms with Gasteiger partial charge < -0.3 is 15.5 Å². The fourth-order valence-electron chi connectivity index (χ4n) is 3.00. The molecule has 0 heterocycles. The minimum absolute atomic E-state index is 0.0587. The van der Waals surface area contributed by atoms with Crippen LogP contribution in [0.5, 0.6) is 0 Å². The van der Waals surface area contributed by atoms with Crippen molar-refractivity contribution in [3.05, 3.63) is 70.8 Å². The first-order valence-electron chi connectivity index (χ1n) is 9.87. The van der Waals surface area contributed by atoms with Crippen molar-refractivity contribution in [3.63, 3.8) is 0 Å². The first-order valence-corrected chi connectivity index (χ1v) is 9.87. The van der Waals surface area contributed by atoms with Crippen molar-refractivity contribution in [3.8, 4) is 0 Å². The topological polar surface area (TPSA) is 62.6 Å². The average Bonchev–Trinajstić information content (AvgIpc) is 2.74. The Morgan fingerprint density at radius 2 is 1.50 bits per heavy atom. The molecule has 0 aliphatic carbocycles. The van der Waals surface area contributed by atoms with Crippen LogP contribution in [0, 0.1) is 0 Å². The first-order chi connectivity index (χ1) is 14.2. The normalized spacial score (nSPS) is 11.4. The van der Waals surface area contributed by atoms with Gasteiger partial charge in [-0.05, 0) is 43.7 Å². The number of hydrogen-bond acceptors (Lipinski definition) is 2. The van der Waals surface area contributed by atoms with Crippen molar-refractivity contribution in [2.45, 2.75) is 33.1 Å². The van der Waals surface area contributed by atoms with Gasteiger partial charge >= 0.3 is 6.18 Å². The lowest BCUT2D eigenvalue weighted by Gasteiger charge is -2.18. The van der Waals surface area contributed by atoms with Gasteiger partial charge in [0.2, 0.25) is 5.91 Å². The summed E-state index contributed by atoms with van der Waals surface area (Å²) in [5, 5.41) is 5.19. The van der Waals surface area contributed by atoms with Gasteiger partial charge in [0.1, 0.15) is 6.54 Å². The zero-order valence-corrected chi connectivity index (χ0v) is 17.1. The summed E-state index contributed by atoms with van der Waals surface area (Å²) in [7, 11) is 0. The molecule has 2 aromatic carbocycles. The molecule has 0 bridgehead atoms. The Hall–Kier alpha value is -2.87. The van der Waals surface area contributed by atoms with E-state index in [1.165, 1.54) is 4.90 Å². The van der Waals surface area contributed by atoms with E-state index in [9.17, 15) is 22.8 Å². The van der Waals surface area contributed by atoms with Crippen LogP contribution in [0.25, 0.3) is 0 Å². The van der Waals surface area contributed by atoms with Crippen LogP contribution in [0.3, 0.4) is 0 Å². The van der Waals surface area contributed by atoms with Crippen molar-refractivity contribution in [2.75, 3.05) is 19.6 Å². The van der Waals surface area contributed by atoms with Crippen LogP contribution in [-0.2, 0) is 24.1 Å². The monoisotopic (exact) mass is 422 g/mol. The van der Waals surface area contributed by atoms with Gasteiger partial charge in [0, 0.05) is 17.7 Å². The third-order valence-electron chi connectivity index (χ3n) is 4.92. The first kappa shape index (κ1) is 23.4. The van der Waals surface area contributed by atoms with Gasteiger partial charge in [-0.1, -0.05) is 24.3 Å². The number of halogens is 3. The smallest absolute Gasteiger partial charge is 0.350 e. The Bertz CT molecular complexity index is 847. The fraction of sp³-hybridized carbons (Fsp3) is 0.364. The van der Waals surface area contributed by atoms with E-state index < -0.39 is 17.6 Å². The summed E-state index contributed by atoms with van der Waals surface area (Å²) < 4.78 is 37.7. The minimum Gasteiger partial charge on any atom is -0.350 e. The molecule has 2 aromatic rings. The Labute approximate surface area is 174 Å². The van der Waals surface area contributed by atoms with Gasteiger partial charge in [0.05, 0.1) is 25.2 Å². The number of carbonyl (C=O) groups excluding carboxylic acids is 2. The van der Waals surface area contributed by atoms with E-state index in [1.54, 1.807) is 0 Å². The van der Waals surface area contributed by atoms with Gasteiger partial charge in [-0.25, -0.2) is 0 Å². The number of quaternary nitrogens is 1. The quantitative estimate of drug-likeness (QED) is 0.580. The SMILES string of the molecule is CC[NH+](CC)Cc1ccccc1CNC(=O)CNC(=O)c1ccc(C(F)(F)F)cc1. The van der Waals surface area contributed by atoms with Crippen molar-refractivity contribution in [1.82, 2.24) is 10.6 Å². The molecule has 3 N–H and O–H groups in total. The largest absolute Gasteiger partial charge is 0.416 e. The molecule has 0 aliphatic rings. The summed E-state index contributed by atoms with van der Waals surface area (Å²) in [4.78, 5) is 25.6. The molecule has 0 saturated heterocycles. The summed E-state index contributed by atoms with van der Waals surface area (Å²) in [5.74, 6) is -0.982. The summed E-state index contributed by atoms with van der Waals surface area (Å²) in [5.41, 5.74) is 1.40. The van der Waals surface area contributed by atoms with Gasteiger partial charge in [0.15, 0.2) is 0 Å². The standard InChI is InChI=1S/C22H26F3N3O2/c1-3-28(4-2)15-18-8-6-5-7-17(18)13-26-20(29)14-27-21(30)16-9-11-19(12-10-16)22(23,24)25/h5-12H,3-4,13-15H2,1-2H3,(H,26,29)(H,27,30)/p+1. The van der Waals surface area contributed by atoms with Gasteiger partial charge in [-0.3, -0.25) is 9.59 Å². The molecule has 2 rings (SSSR count). The number of carbonyl (C=O) groups is 2. The van der Waals surface area contributed by atoms with Crippen LogP contribution in [0.1, 0.15) is 40.9 Å². The highest BCUT2D eigenvalue weighted by molar-refractivity contribution is 5.96. The number of rotatable bonds is 9. The van der Waals surface area contributed by atoms with Crippen molar-refractivity contribution < 1.29 is 27.7 Å². The summed E-state index contributed by atoms with van der Waals surface area (Å²) in [6.45, 7) is 7.21. The molecule has 0 radical (unpaired) electrons. The van der Waals surface area contributed by atoms with Crippen LogP contribution in [0.2, 0.25) is 0 Å². The third-order valence-corrected chi connectivity index (χ3v) is 4.92. The highest BCUT2D eigenvalue weighted by Gasteiger charge is 2.30. The minimum atomic E-state index is -4.46. The van der Waals surface area contributed by atoms with Crippen LogP contribution >= 0.6 is 0 Å². The molecule has 0 spiro atoms. The Balaban J connectivity index is 1.86. The zero-order valence-electron chi connectivity index (χ0n) is 17.1. The fourth-order valence-corrected chi connectivity index (χ4v) is 3.00. The van der Waals surface area contributed by atoms with Gasteiger partial charge in [0.25, 0.3) is 5.91 Å². The number of benzene rings is 2. The molecule has 30 heavy (non-hydrogen) atoms. The second-order valence-electron chi connectivity index (χ2n) is 6.94. The number of nitrogens with one attached hydrogen (secondary N) is 3. The number of amides is 2. The average molecular weight is 422 g/mol. The molecule has 8 heteroatoms. The molecule has 0 aromatic heterocycles. The Morgan fingerprint density at radius 3 is 2.07 bits per heavy atom. The van der Waals surface area contributed by atoms with Gasteiger partial charge in [-0.15, -0.1) is 0 Å². The van der Waals surface area contributed by atoms with E-state index in [1.807, 2.05) is 24.3 Å². The predicted octanol–water partition coefficient (Wildman–Crippen LogP) is 2.18. The molecule has 0 fully saturated rings. The van der Waals surface area contributed by atoms with Crippen LogP contribution in [-0.4, -0.2) is 31.4 Å². The molecule has 2 amide bonds. The van der Waals surface area contributed by atoms with E-state index in [0.29, 0.717) is 6.54 Å². The summed E-state index contributed by atoms with van der Waals surface area (Å²) >= 11 is 0. The maximum atomic E-state index is 12.6. The van der Waals surface area contributed by atoms with Crippen LogP contribution in [0.15, 0.2) is 48.5 Å². The number of alkyl halides is 3. The lowest BCUT2D eigenvalue weighted by atomic mass is 10.1. The molecule has 0 saturated carbocycles. The molecular formula is C22H27F3N3O2+. The van der Waals surface area contributed by atoms with E-state index in [4.69, 9.17) is 0 Å². The van der Waals surface area contributed by atoms with E-state index in [0.717, 1.165) is 55.0 Å². The summed E-state index contributed by atoms with van der Waals surface area (Å²) in [6.07, 6.45) is -4.46.